The zero-order valence-electron chi connectivity index (χ0n) is 19.0. The maximum absolute atomic E-state index is 5.75. The Kier molecular flexibility index (Phi) is 6.22. The molecule has 5 nitrogen and oxygen atoms in total. The summed E-state index contributed by atoms with van der Waals surface area (Å²) in [5.74, 6) is 2.11. The molecule has 2 aromatic rings. The SMILES string of the molecule is C=CC1CN2CCC1CC2[C@@H](NC(=S)NC(C)(C)C)c1ccnc2ccc(OC)cc12. The monoisotopic (exact) mass is 438 g/mol. The van der Waals surface area contributed by atoms with Gasteiger partial charge in [-0.05, 0) is 94.0 Å². The number of piperidine rings is 3. The van der Waals surface area contributed by atoms with Gasteiger partial charge in [-0.3, -0.25) is 9.88 Å². The van der Waals surface area contributed by atoms with Gasteiger partial charge in [-0.1, -0.05) is 6.08 Å². The number of rotatable bonds is 5. The first-order chi connectivity index (χ1) is 14.8. The summed E-state index contributed by atoms with van der Waals surface area (Å²) in [6.07, 6.45) is 6.44. The standard InChI is InChI=1S/C25H34N4OS/c1-6-16-15-29-12-10-17(16)13-22(29)23(27-24(31)28-25(2,3)4)19-9-11-26-21-8-7-18(30-5)14-20(19)21/h6-9,11,14,16-17,22-23H,1,10,12-13,15H2,2-5H3,(H2,27,28,31)/t16?,17?,22?,23-/m0/s1. The molecule has 6 heteroatoms. The highest BCUT2D eigenvalue weighted by atomic mass is 32.1. The average molecular weight is 439 g/mol. The van der Waals surface area contributed by atoms with E-state index in [0.717, 1.165) is 36.2 Å². The Balaban J connectivity index is 1.74. The van der Waals surface area contributed by atoms with Crippen LogP contribution in [-0.4, -0.2) is 46.8 Å². The number of benzene rings is 1. The van der Waals surface area contributed by atoms with Gasteiger partial charge in [0.05, 0.1) is 18.7 Å². The summed E-state index contributed by atoms with van der Waals surface area (Å²) < 4.78 is 5.52. The largest absolute Gasteiger partial charge is 0.497 e. The lowest BCUT2D eigenvalue weighted by molar-refractivity contribution is 0.00424. The first kappa shape index (κ1) is 22.0. The third-order valence-corrected chi connectivity index (χ3v) is 6.85. The quantitative estimate of drug-likeness (QED) is 0.532. The number of thiocarbonyl (C=S) groups is 1. The molecule has 0 saturated carbocycles. The van der Waals surface area contributed by atoms with E-state index in [-0.39, 0.29) is 11.6 Å². The number of aromatic nitrogens is 1. The minimum absolute atomic E-state index is 0.0634. The Morgan fingerprint density at radius 3 is 2.81 bits per heavy atom. The Morgan fingerprint density at radius 1 is 1.35 bits per heavy atom. The second-order valence-corrected chi connectivity index (χ2v) is 10.3. The van der Waals surface area contributed by atoms with E-state index in [1.54, 1.807) is 7.11 Å². The predicted octanol–water partition coefficient (Wildman–Crippen LogP) is 4.44. The molecular formula is C25H34N4OS. The maximum Gasteiger partial charge on any atom is 0.167 e. The molecule has 0 aliphatic carbocycles. The highest BCUT2D eigenvalue weighted by Crippen LogP contribution is 2.42. The number of hydrogen-bond acceptors (Lipinski definition) is 4. The molecule has 4 unspecified atom stereocenters. The predicted molar refractivity (Wildman–Crippen MR) is 131 cm³/mol. The van der Waals surface area contributed by atoms with E-state index in [0.29, 0.717) is 23.0 Å². The molecule has 5 atom stereocenters. The van der Waals surface area contributed by atoms with Crippen LogP contribution in [0, 0.1) is 11.8 Å². The van der Waals surface area contributed by atoms with Crippen LogP contribution >= 0.6 is 12.2 Å². The lowest BCUT2D eigenvalue weighted by Crippen LogP contribution is -2.58. The summed E-state index contributed by atoms with van der Waals surface area (Å²) in [6, 6.07) is 8.65. The summed E-state index contributed by atoms with van der Waals surface area (Å²) in [5.41, 5.74) is 2.09. The van der Waals surface area contributed by atoms with Crippen molar-refractivity contribution in [3.63, 3.8) is 0 Å². The van der Waals surface area contributed by atoms with Crippen molar-refractivity contribution in [2.24, 2.45) is 11.8 Å². The van der Waals surface area contributed by atoms with Gasteiger partial charge in [0.1, 0.15) is 5.75 Å². The average Bonchev–Trinajstić information content (AvgIpc) is 2.75. The van der Waals surface area contributed by atoms with Crippen LogP contribution in [0.2, 0.25) is 0 Å². The second kappa shape index (κ2) is 8.75. The summed E-state index contributed by atoms with van der Waals surface area (Å²) >= 11 is 5.75. The molecule has 1 aromatic heterocycles. The molecule has 166 valence electrons. The van der Waals surface area contributed by atoms with Gasteiger partial charge in [-0.25, -0.2) is 0 Å². The van der Waals surface area contributed by atoms with Crippen LogP contribution in [0.4, 0.5) is 0 Å². The Hall–Kier alpha value is -2.18. The fourth-order valence-corrected chi connectivity index (χ4v) is 5.60. The normalized spacial score (nSPS) is 26.3. The third kappa shape index (κ3) is 4.70. The zero-order valence-corrected chi connectivity index (χ0v) is 19.8. The van der Waals surface area contributed by atoms with Gasteiger partial charge in [0.25, 0.3) is 0 Å². The van der Waals surface area contributed by atoms with Gasteiger partial charge in [0, 0.05) is 29.7 Å². The molecule has 5 rings (SSSR count). The van der Waals surface area contributed by atoms with Crippen molar-refractivity contribution in [2.75, 3.05) is 20.2 Å². The number of pyridine rings is 1. The van der Waals surface area contributed by atoms with Crippen molar-refractivity contribution in [3.8, 4) is 5.75 Å². The van der Waals surface area contributed by atoms with E-state index in [1.807, 2.05) is 18.3 Å². The van der Waals surface area contributed by atoms with E-state index in [2.05, 4.69) is 66.1 Å². The number of hydrogen-bond donors (Lipinski definition) is 2. The molecule has 3 saturated heterocycles. The number of nitrogens with zero attached hydrogens (tertiary/aromatic N) is 2. The van der Waals surface area contributed by atoms with E-state index in [1.165, 1.54) is 12.0 Å². The van der Waals surface area contributed by atoms with Crippen LogP contribution < -0.4 is 15.4 Å². The number of nitrogens with one attached hydrogen (secondary N) is 2. The third-order valence-electron chi connectivity index (χ3n) is 6.63. The molecular weight excluding hydrogens is 404 g/mol. The molecule has 2 bridgehead atoms. The highest BCUT2D eigenvalue weighted by Gasteiger charge is 2.43. The van der Waals surface area contributed by atoms with E-state index >= 15 is 0 Å². The first-order valence-electron chi connectivity index (χ1n) is 11.2. The molecule has 0 radical (unpaired) electrons. The molecule has 3 aliphatic rings. The lowest BCUT2D eigenvalue weighted by atomic mass is 9.73. The molecule has 0 amide bonds. The minimum atomic E-state index is -0.0992. The van der Waals surface area contributed by atoms with Crippen LogP contribution in [0.25, 0.3) is 10.9 Å². The molecule has 3 fully saturated rings. The minimum Gasteiger partial charge on any atom is -0.497 e. The van der Waals surface area contributed by atoms with Gasteiger partial charge < -0.3 is 15.4 Å². The van der Waals surface area contributed by atoms with Gasteiger partial charge in [0.2, 0.25) is 0 Å². The van der Waals surface area contributed by atoms with E-state index in [4.69, 9.17) is 17.0 Å². The van der Waals surface area contributed by atoms with E-state index < -0.39 is 0 Å². The van der Waals surface area contributed by atoms with Crippen LogP contribution in [0.5, 0.6) is 5.75 Å². The molecule has 0 spiro atoms. The van der Waals surface area contributed by atoms with Crippen molar-refractivity contribution in [3.05, 3.63) is 48.7 Å². The topological polar surface area (TPSA) is 49.4 Å². The Bertz CT molecular complexity index is 970. The molecule has 4 heterocycles. The molecule has 3 aliphatic heterocycles. The molecule has 31 heavy (non-hydrogen) atoms. The van der Waals surface area contributed by atoms with Crippen molar-refractivity contribution < 1.29 is 4.74 Å². The van der Waals surface area contributed by atoms with Gasteiger partial charge in [-0.2, -0.15) is 0 Å². The van der Waals surface area contributed by atoms with Gasteiger partial charge >= 0.3 is 0 Å². The van der Waals surface area contributed by atoms with Crippen molar-refractivity contribution >= 4 is 28.2 Å². The first-order valence-corrected chi connectivity index (χ1v) is 11.6. The highest BCUT2D eigenvalue weighted by molar-refractivity contribution is 7.80. The molecule has 1 aromatic carbocycles. The fourth-order valence-electron chi connectivity index (χ4n) is 5.17. The summed E-state index contributed by atoms with van der Waals surface area (Å²) in [6.45, 7) is 12.7. The van der Waals surface area contributed by atoms with E-state index in [9.17, 15) is 0 Å². The Labute approximate surface area is 191 Å². The number of methoxy groups -OCH3 is 1. The summed E-state index contributed by atoms with van der Waals surface area (Å²) in [4.78, 5) is 7.22. The molecule has 2 N–H and O–H groups in total. The van der Waals surface area contributed by atoms with Crippen molar-refractivity contribution in [1.82, 2.24) is 20.5 Å². The fraction of sp³-hybridized carbons (Fsp3) is 0.520. The summed E-state index contributed by atoms with van der Waals surface area (Å²) in [5, 5.41) is 8.93. The van der Waals surface area contributed by atoms with Gasteiger partial charge in [-0.15, -0.1) is 6.58 Å². The van der Waals surface area contributed by atoms with Gasteiger partial charge in [0.15, 0.2) is 5.11 Å². The van der Waals surface area contributed by atoms with Crippen LogP contribution in [0.15, 0.2) is 43.1 Å². The second-order valence-electron chi connectivity index (χ2n) is 9.86. The zero-order chi connectivity index (χ0) is 22.2. The number of ether oxygens (including phenoxy) is 1. The van der Waals surface area contributed by atoms with Crippen LogP contribution in [0.3, 0.4) is 0 Å². The van der Waals surface area contributed by atoms with Crippen LogP contribution in [0.1, 0.15) is 45.2 Å². The van der Waals surface area contributed by atoms with Crippen LogP contribution in [-0.2, 0) is 0 Å². The van der Waals surface area contributed by atoms with Crippen molar-refractivity contribution in [1.29, 1.82) is 0 Å². The lowest BCUT2D eigenvalue weighted by Gasteiger charge is -2.52. The number of fused-ring (bicyclic) bond motifs is 4. The maximum atomic E-state index is 5.75. The summed E-state index contributed by atoms with van der Waals surface area (Å²) in [7, 11) is 1.70. The smallest absolute Gasteiger partial charge is 0.167 e. The van der Waals surface area contributed by atoms with Crippen molar-refractivity contribution in [2.45, 2.75) is 51.2 Å². The Morgan fingerprint density at radius 2 is 2.16 bits per heavy atom.